The van der Waals surface area contributed by atoms with Crippen LogP contribution in [0.1, 0.15) is 17.9 Å². The van der Waals surface area contributed by atoms with E-state index in [4.69, 9.17) is 0 Å². The first kappa shape index (κ1) is 16.3. The Morgan fingerprint density at radius 2 is 1.72 bits per heavy atom. The quantitative estimate of drug-likeness (QED) is 0.486. The van der Waals surface area contributed by atoms with Crippen molar-refractivity contribution < 1.29 is 24.1 Å². The van der Waals surface area contributed by atoms with Gasteiger partial charge in [0.2, 0.25) is 6.49 Å². The van der Waals surface area contributed by atoms with Crippen LogP contribution in [-0.2, 0) is 16.4 Å². The second kappa shape index (κ2) is 6.16. The van der Waals surface area contributed by atoms with E-state index in [1.807, 2.05) is 6.92 Å². The van der Waals surface area contributed by atoms with E-state index in [1.54, 1.807) is 23.9 Å². The zero-order chi connectivity index (χ0) is 14.0. The molecule has 18 heavy (non-hydrogen) atoms. The van der Waals surface area contributed by atoms with E-state index in [0.29, 0.717) is 0 Å². The standard InChI is InChI=1S/C9H14O5P2S2/c1-2-18-8-5-3-7(4-6-8)9(15(10,11)12)16(13,14)17/h3-6,9H,2H2,1H3,(H2,10,11,12)(H2,13,14,17). The van der Waals surface area contributed by atoms with E-state index in [-0.39, 0.29) is 5.56 Å². The van der Waals surface area contributed by atoms with Gasteiger partial charge >= 0.3 is 7.60 Å². The van der Waals surface area contributed by atoms with E-state index >= 15 is 0 Å². The maximum Gasteiger partial charge on any atom is 0.342 e. The van der Waals surface area contributed by atoms with Crippen LogP contribution in [0.3, 0.4) is 0 Å². The fourth-order valence-corrected chi connectivity index (χ4v) is 6.31. The van der Waals surface area contributed by atoms with Gasteiger partial charge < -0.3 is 19.6 Å². The Balaban J connectivity index is 3.16. The molecule has 1 atom stereocenters. The lowest BCUT2D eigenvalue weighted by molar-refractivity contribution is 0.363. The number of hydrogen-bond acceptors (Lipinski definition) is 3. The molecule has 0 aliphatic carbocycles. The van der Waals surface area contributed by atoms with Crippen LogP contribution in [0.25, 0.3) is 0 Å². The normalized spacial score (nSPS) is 14.5. The van der Waals surface area contributed by atoms with Crippen LogP contribution in [0.2, 0.25) is 0 Å². The zero-order valence-electron chi connectivity index (χ0n) is 9.50. The summed E-state index contributed by atoms with van der Waals surface area (Å²) in [5, 5.41) is -1.72. The molecule has 0 saturated carbocycles. The van der Waals surface area contributed by atoms with E-state index in [0.717, 1.165) is 10.6 Å². The van der Waals surface area contributed by atoms with Crippen molar-refractivity contribution in [3.05, 3.63) is 29.8 Å². The summed E-state index contributed by atoms with van der Waals surface area (Å²) in [4.78, 5) is 38.2. The molecule has 0 saturated heterocycles. The number of rotatable bonds is 5. The fraction of sp³-hybridized carbons (Fsp3) is 0.333. The Morgan fingerprint density at radius 1 is 1.22 bits per heavy atom. The highest BCUT2D eigenvalue weighted by Gasteiger charge is 2.40. The molecular weight excluding hydrogens is 314 g/mol. The molecule has 1 aromatic carbocycles. The van der Waals surface area contributed by atoms with Crippen LogP contribution in [0, 0.1) is 0 Å². The van der Waals surface area contributed by atoms with Crippen LogP contribution in [0.4, 0.5) is 0 Å². The molecule has 0 radical (unpaired) electrons. The molecule has 0 aliphatic rings. The third-order valence-electron chi connectivity index (χ3n) is 2.13. The molecule has 9 heteroatoms. The largest absolute Gasteiger partial charge is 0.344 e. The fourth-order valence-electron chi connectivity index (χ4n) is 1.49. The topological polar surface area (TPSA) is 98.0 Å². The summed E-state index contributed by atoms with van der Waals surface area (Å²) >= 11 is 6.02. The van der Waals surface area contributed by atoms with Gasteiger partial charge in [-0.15, -0.1) is 11.8 Å². The van der Waals surface area contributed by atoms with Gasteiger partial charge in [0.1, 0.15) is 0 Å². The number of thioether (sulfide) groups is 1. The lowest BCUT2D eigenvalue weighted by Gasteiger charge is -2.22. The highest BCUT2D eigenvalue weighted by Crippen LogP contribution is 2.69. The third kappa shape index (κ3) is 4.44. The van der Waals surface area contributed by atoms with Crippen molar-refractivity contribution in [2.45, 2.75) is 17.2 Å². The van der Waals surface area contributed by atoms with E-state index in [2.05, 4.69) is 11.8 Å². The highest BCUT2D eigenvalue weighted by molar-refractivity contribution is 8.11. The maximum absolute atomic E-state index is 11.3. The summed E-state index contributed by atoms with van der Waals surface area (Å²) in [6, 6.07) is 6.29. The summed E-state index contributed by atoms with van der Waals surface area (Å²) in [7, 11) is -4.71. The van der Waals surface area contributed by atoms with Crippen molar-refractivity contribution in [1.29, 1.82) is 0 Å². The SMILES string of the molecule is CCSc1ccc(C(P(=O)(O)O)P(O)(O)=S)cc1. The van der Waals surface area contributed by atoms with Gasteiger partial charge in [0.05, 0.1) is 0 Å². The van der Waals surface area contributed by atoms with E-state index in [1.165, 1.54) is 12.1 Å². The molecule has 4 N–H and O–H groups in total. The van der Waals surface area contributed by atoms with Crippen molar-refractivity contribution in [2.24, 2.45) is 0 Å². The summed E-state index contributed by atoms with van der Waals surface area (Å²) in [5.41, 5.74) is 0.150. The first-order valence-electron chi connectivity index (χ1n) is 4.99. The molecule has 102 valence electrons. The van der Waals surface area contributed by atoms with E-state index in [9.17, 15) is 24.1 Å². The molecule has 5 nitrogen and oxygen atoms in total. The predicted molar refractivity (Wildman–Crippen MR) is 76.3 cm³/mol. The monoisotopic (exact) mass is 328 g/mol. The first-order valence-corrected chi connectivity index (χ1v) is 10.4. The van der Waals surface area contributed by atoms with Crippen molar-refractivity contribution in [3.8, 4) is 0 Å². The summed E-state index contributed by atoms with van der Waals surface area (Å²) < 4.78 is 11.3. The predicted octanol–water partition coefficient (Wildman–Crippen LogP) is 2.27. The molecule has 1 rings (SSSR count). The second-order valence-electron chi connectivity index (χ2n) is 3.55. The molecule has 0 aliphatic heterocycles. The lowest BCUT2D eigenvalue weighted by atomic mass is 10.2. The van der Waals surface area contributed by atoms with Crippen LogP contribution in [0.15, 0.2) is 29.2 Å². The van der Waals surface area contributed by atoms with Crippen LogP contribution >= 0.6 is 25.8 Å². The van der Waals surface area contributed by atoms with Gasteiger partial charge in [0, 0.05) is 4.90 Å². The minimum atomic E-state index is -4.71. The van der Waals surface area contributed by atoms with Crippen LogP contribution in [0.5, 0.6) is 0 Å². The number of benzene rings is 1. The van der Waals surface area contributed by atoms with Gasteiger partial charge in [-0.05, 0) is 35.3 Å². The Kier molecular flexibility index (Phi) is 5.59. The van der Waals surface area contributed by atoms with Crippen LogP contribution in [-0.4, -0.2) is 25.3 Å². The molecule has 1 aromatic rings. The lowest BCUT2D eigenvalue weighted by Crippen LogP contribution is -2.00. The summed E-state index contributed by atoms with van der Waals surface area (Å²) in [6.07, 6.45) is 0. The van der Waals surface area contributed by atoms with E-state index < -0.39 is 19.5 Å². The Bertz CT molecular complexity index is 470. The maximum atomic E-state index is 11.3. The van der Waals surface area contributed by atoms with Crippen molar-refractivity contribution >= 4 is 37.7 Å². The van der Waals surface area contributed by atoms with Crippen LogP contribution < -0.4 is 0 Å². The van der Waals surface area contributed by atoms with Gasteiger partial charge in [0.15, 0.2) is 5.40 Å². The van der Waals surface area contributed by atoms with Gasteiger partial charge in [-0.25, -0.2) is 0 Å². The highest BCUT2D eigenvalue weighted by atomic mass is 32.5. The Labute approximate surface area is 115 Å². The molecule has 0 bridgehead atoms. The molecule has 0 amide bonds. The molecule has 0 spiro atoms. The second-order valence-corrected chi connectivity index (χ2v) is 10.3. The van der Waals surface area contributed by atoms with Crippen molar-refractivity contribution in [3.63, 3.8) is 0 Å². The average Bonchev–Trinajstić information content (AvgIpc) is 2.17. The molecular formula is C9H14O5P2S2. The van der Waals surface area contributed by atoms with Crippen molar-refractivity contribution in [2.75, 3.05) is 5.75 Å². The third-order valence-corrected chi connectivity index (χ3v) is 7.86. The van der Waals surface area contributed by atoms with Crippen molar-refractivity contribution in [1.82, 2.24) is 0 Å². The molecule has 0 fully saturated rings. The molecule has 0 aromatic heterocycles. The minimum absolute atomic E-state index is 0.150. The molecule has 0 heterocycles. The Morgan fingerprint density at radius 3 is 2.06 bits per heavy atom. The molecule has 1 unspecified atom stereocenters. The van der Waals surface area contributed by atoms with Gasteiger partial charge in [-0.2, -0.15) is 0 Å². The summed E-state index contributed by atoms with van der Waals surface area (Å²) in [6.45, 7) is -2.10. The van der Waals surface area contributed by atoms with Gasteiger partial charge in [0.25, 0.3) is 0 Å². The van der Waals surface area contributed by atoms with Gasteiger partial charge in [-0.1, -0.05) is 19.1 Å². The van der Waals surface area contributed by atoms with Gasteiger partial charge in [-0.3, -0.25) is 4.57 Å². The zero-order valence-corrected chi connectivity index (χ0v) is 12.9. The number of hydrogen-bond donors (Lipinski definition) is 4. The summed E-state index contributed by atoms with van der Waals surface area (Å²) in [5.74, 6) is 0.874. The first-order chi connectivity index (χ1) is 8.16. The smallest absolute Gasteiger partial charge is 0.342 e. The Hall–Kier alpha value is 0.290. The average molecular weight is 328 g/mol. The minimum Gasteiger partial charge on any atom is -0.344 e.